The van der Waals surface area contributed by atoms with Crippen LogP contribution in [0.4, 0.5) is 0 Å². The van der Waals surface area contributed by atoms with Gasteiger partial charge in [-0.3, -0.25) is 0 Å². The van der Waals surface area contributed by atoms with Gasteiger partial charge in [-0.2, -0.15) is 0 Å². The van der Waals surface area contributed by atoms with Crippen molar-refractivity contribution in [2.24, 2.45) is 0 Å². The molecular formula is C15H26N2O4S2. The number of unbranched alkanes of at least 4 members (excludes halogenated alkanes) is 2. The number of benzene rings is 1. The minimum Gasteiger partial charge on any atom is -0.213 e. The second kappa shape index (κ2) is 8.77. The van der Waals surface area contributed by atoms with Gasteiger partial charge in [0.1, 0.15) is 0 Å². The van der Waals surface area contributed by atoms with Gasteiger partial charge in [-0.15, -0.1) is 0 Å². The molecule has 0 aromatic heterocycles. The molecule has 0 aliphatic rings. The fraction of sp³-hybridized carbons (Fsp3) is 0.600. The van der Waals surface area contributed by atoms with Gasteiger partial charge in [0.15, 0.2) is 0 Å². The average Bonchev–Trinajstić information content (AvgIpc) is 2.44. The molecule has 1 aromatic carbocycles. The third-order valence-corrected chi connectivity index (χ3v) is 6.20. The first-order valence-electron chi connectivity index (χ1n) is 7.68. The minimum atomic E-state index is -3.62. The largest absolute Gasteiger partial charge is 0.240 e. The van der Waals surface area contributed by atoms with Crippen molar-refractivity contribution in [2.75, 3.05) is 25.9 Å². The van der Waals surface area contributed by atoms with Crippen LogP contribution in [0.5, 0.6) is 0 Å². The van der Waals surface area contributed by atoms with E-state index in [9.17, 15) is 16.8 Å². The molecule has 8 heteroatoms. The number of sulfonamides is 2. The van der Waals surface area contributed by atoms with Crippen LogP contribution < -0.4 is 4.72 Å². The van der Waals surface area contributed by atoms with Gasteiger partial charge in [0, 0.05) is 19.6 Å². The fourth-order valence-electron chi connectivity index (χ4n) is 2.15. The molecule has 0 saturated heterocycles. The van der Waals surface area contributed by atoms with Crippen molar-refractivity contribution in [3.63, 3.8) is 0 Å². The van der Waals surface area contributed by atoms with Crippen LogP contribution in [-0.4, -0.2) is 47.0 Å². The van der Waals surface area contributed by atoms with E-state index in [2.05, 4.69) is 4.72 Å². The Morgan fingerprint density at radius 2 is 1.78 bits per heavy atom. The Bertz CT molecular complexity index is 700. The van der Waals surface area contributed by atoms with Gasteiger partial charge in [-0.05, 0) is 31.0 Å². The smallest absolute Gasteiger partial charge is 0.213 e. The number of nitrogens with zero attached hydrogens (tertiary/aromatic N) is 1. The van der Waals surface area contributed by atoms with Gasteiger partial charge in [0.25, 0.3) is 0 Å². The molecule has 0 atom stereocenters. The summed E-state index contributed by atoms with van der Waals surface area (Å²) >= 11 is 0. The normalized spacial score (nSPS) is 12.7. The summed E-state index contributed by atoms with van der Waals surface area (Å²) in [5.41, 5.74) is 0.852. The van der Waals surface area contributed by atoms with Crippen molar-refractivity contribution >= 4 is 20.0 Å². The Balaban J connectivity index is 2.65. The zero-order chi connectivity index (χ0) is 17.5. The molecule has 1 rings (SSSR count). The maximum absolute atomic E-state index is 12.2. The first-order valence-corrected chi connectivity index (χ1v) is 11.0. The van der Waals surface area contributed by atoms with Crippen molar-refractivity contribution in [3.05, 3.63) is 29.8 Å². The molecule has 6 nitrogen and oxygen atoms in total. The molecule has 0 aliphatic heterocycles. The molecule has 0 amide bonds. The Hall–Kier alpha value is -0.960. The first-order chi connectivity index (χ1) is 10.7. The second-order valence-electron chi connectivity index (χ2n) is 5.58. The highest BCUT2D eigenvalue weighted by molar-refractivity contribution is 7.89. The van der Waals surface area contributed by atoms with Crippen LogP contribution in [0.2, 0.25) is 0 Å². The monoisotopic (exact) mass is 362 g/mol. The van der Waals surface area contributed by atoms with Gasteiger partial charge >= 0.3 is 0 Å². The number of rotatable bonds is 10. The molecule has 0 saturated carbocycles. The van der Waals surface area contributed by atoms with E-state index in [-0.39, 0.29) is 18.0 Å². The lowest BCUT2D eigenvalue weighted by Crippen LogP contribution is -2.38. The number of aryl methyl sites for hydroxylation is 1. The molecule has 0 heterocycles. The van der Waals surface area contributed by atoms with Gasteiger partial charge in [0.05, 0.1) is 11.2 Å². The number of hydrogen-bond acceptors (Lipinski definition) is 4. The van der Waals surface area contributed by atoms with Crippen LogP contribution >= 0.6 is 0 Å². The summed E-state index contributed by atoms with van der Waals surface area (Å²) in [6.07, 6.45) is 3.86. The fourth-order valence-corrected chi connectivity index (χ4v) is 4.16. The summed E-state index contributed by atoms with van der Waals surface area (Å²) in [5, 5.41) is 0. The van der Waals surface area contributed by atoms with Crippen molar-refractivity contribution in [2.45, 2.75) is 38.0 Å². The molecule has 0 bridgehead atoms. The van der Waals surface area contributed by atoms with Gasteiger partial charge < -0.3 is 0 Å². The molecule has 0 spiro atoms. The highest BCUT2D eigenvalue weighted by atomic mass is 32.2. The van der Waals surface area contributed by atoms with E-state index < -0.39 is 20.0 Å². The van der Waals surface area contributed by atoms with Crippen LogP contribution in [0.25, 0.3) is 0 Å². The highest BCUT2D eigenvalue weighted by Crippen LogP contribution is 2.10. The third kappa shape index (κ3) is 6.99. The molecular weight excluding hydrogens is 336 g/mol. The van der Waals surface area contributed by atoms with Gasteiger partial charge in [-0.1, -0.05) is 31.9 Å². The van der Waals surface area contributed by atoms with E-state index in [1.165, 1.54) is 10.4 Å². The molecule has 23 heavy (non-hydrogen) atoms. The summed E-state index contributed by atoms with van der Waals surface area (Å²) in [4.78, 5) is 0.189. The van der Waals surface area contributed by atoms with E-state index >= 15 is 0 Å². The molecule has 132 valence electrons. The Morgan fingerprint density at radius 3 is 2.35 bits per heavy atom. The first kappa shape index (κ1) is 20.1. The zero-order valence-corrected chi connectivity index (χ0v) is 15.6. The lowest BCUT2D eigenvalue weighted by atomic mass is 10.2. The van der Waals surface area contributed by atoms with Crippen LogP contribution in [0.1, 0.15) is 31.7 Å². The topological polar surface area (TPSA) is 83.6 Å². The maximum Gasteiger partial charge on any atom is 0.240 e. The lowest BCUT2D eigenvalue weighted by Gasteiger charge is -2.20. The van der Waals surface area contributed by atoms with Crippen LogP contribution in [0, 0.1) is 6.92 Å². The average molecular weight is 363 g/mol. The van der Waals surface area contributed by atoms with E-state index in [0.29, 0.717) is 6.54 Å². The Labute approximate surface area is 140 Å². The van der Waals surface area contributed by atoms with Crippen LogP contribution in [0.3, 0.4) is 0 Å². The third-order valence-electron chi connectivity index (χ3n) is 3.43. The zero-order valence-electron chi connectivity index (χ0n) is 13.9. The van der Waals surface area contributed by atoms with Crippen LogP contribution in [0.15, 0.2) is 29.2 Å². The van der Waals surface area contributed by atoms with E-state index in [4.69, 9.17) is 0 Å². The minimum absolute atomic E-state index is 0.0511. The van der Waals surface area contributed by atoms with Crippen molar-refractivity contribution in [1.29, 1.82) is 0 Å². The van der Waals surface area contributed by atoms with Gasteiger partial charge in [0.2, 0.25) is 20.0 Å². The summed E-state index contributed by atoms with van der Waals surface area (Å²) in [5.74, 6) is 0. The summed E-state index contributed by atoms with van der Waals surface area (Å²) < 4.78 is 51.7. The second-order valence-corrected chi connectivity index (χ2v) is 9.33. The molecule has 0 fully saturated rings. The van der Waals surface area contributed by atoms with Gasteiger partial charge in [-0.25, -0.2) is 25.9 Å². The predicted octanol–water partition coefficient (Wildman–Crippen LogP) is 1.73. The molecule has 1 aromatic rings. The van der Waals surface area contributed by atoms with E-state index in [1.54, 1.807) is 12.1 Å². The summed E-state index contributed by atoms with van der Waals surface area (Å²) in [6, 6.07) is 6.60. The summed E-state index contributed by atoms with van der Waals surface area (Å²) in [6.45, 7) is 4.46. The van der Waals surface area contributed by atoms with Crippen LogP contribution in [-0.2, 0) is 20.0 Å². The standard InChI is InChI=1S/C15H26N2O4S2/c1-4-5-6-11-17(22(3,18)19)12-10-16-23(20,21)15-9-7-8-14(2)13-15/h7-9,13,16H,4-6,10-12H2,1-3H3. The molecule has 0 radical (unpaired) electrons. The molecule has 1 N–H and O–H groups in total. The SMILES string of the molecule is CCCCCN(CCNS(=O)(=O)c1cccc(C)c1)S(C)(=O)=O. The molecule has 0 unspecified atom stereocenters. The number of nitrogens with one attached hydrogen (secondary N) is 1. The van der Waals surface area contributed by atoms with Crippen molar-refractivity contribution in [1.82, 2.24) is 9.03 Å². The maximum atomic E-state index is 12.2. The van der Waals surface area contributed by atoms with E-state index in [1.807, 2.05) is 19.9 Å². The van der Waals surface area contributed by atoms with Crippen molar-refractivity contribution in [3.8, 4) is 0 Å². The Morgan fingerprint density at radius 1 is 1.09 bits per heavy atom. The highest BCUT2D eigenvalue weighted by Gasteiger charge is 2.18. The number of hydrogen-bond donors (Lipinski definition) is 1. The van der Waals surface area contributed by atoms with Crippen molar-refractivity contribution < 1.29 is 16.8 Å². The molecule has 0 aliphatic carbocycles. The van der Waals surface area contributed by atoms with E-state index in [0.717, 1.165) is 31.1 Å². The lowest BCUT2D eigenvalue weighted by molar-refractivity contribution is 0.405. The quantitative estimate of drug-likeness (QED) is 0.643. The Kier molecular flexibility index (Phi) is 7.66. The summed E-state index contributed by atoms with van der Waals surface area (Å²) in [7, 11) is -6.96. The predicted molar refractivity (Wildman–Crippen MR) is 92.3 cm³/mol.